The second kappa shape index (κ2) is 14.3. The summed E-state index contributed by atoms with van der Waals surface area (Å²) in [5, 5.41) is 0.645. The molecule has 0 saturated carbocycles. The molecule has 9 heteroatoms. The van der Waals surface area contributed by atoms with Crippen molar-refractivity contribution in [1.29, 1.82) is 0 Å². The molecule has 0 bridgehead atoms. The van der Waals surface area contributed by atoms with E-state index in [2.05, 4.69) is 4.90 Å². The largest absolute Gasteiger partial charge is 0.465 e. The van der Waals surface area contributed by atoms with Crippen molar-refractivity contribution in [3.05, 3.63) is 101 Å². The SMILES string of the molecule is COC(=O)c1ccccc1C1CCN(CCC(CN(C)S(=O)(=O)c2ccccc2)c2cccc(Cl)c2)CC1.Cl. The van der Waals surface area contributed by atoms with Crippen LogP contribution in [0.2, 0.25) is 5.02 Å². The van der Waals surface area contributed by atoms with Crippen LogP contribution in [0.4, 0.5) is 0 Å². The van der Waals surface area contributed by atoms with Gasteiger partial charge in [-0.3, -0.25) is 0 Å². The number of rotatable bonds is 10. The second-order valence-electron chi connectivity index (χ2n) is 9.83. The van der Waals surface area contributed by atoms with E-state index in [1.807, 2.05) is 54.6 Å². The molecule has 1 unspecified atom stereocenters. The summed E-state index contributed by atoms with van der Waals surface area (Å²) in [5.41, 5.74) is 2.75. The Labute approximate surface area is 243 Å². The maximum Gasteiger partial charge on any atom is 0.338 e. The third kappa shape index (κ3) is 7.83. The number of piperidine rings is 1. The molecule has 0 spiro atoms. The zero-order valence-electron chi connectivity index (χ0n) is 22.3. The normalized spacial score (nSPS) is 15.5. The van der Waals surface area contributed by atoms with Gasteiger partial charge < -0.3 is 9.64 Å². The molecular weight excluding hydrogens is 555 g/mol. The number of likely N-dealkylation sites (tertiary alicyclic amines) is 1. The molecule has 0 aliphatic carbocycles. The molecule has 0 radical (unpaired) electrons. The summed E-state index contributed by atoms with van der Waals surface area (Å²) >= 11 is 6.30. The third-order valence-electron chi connectivity index (χ3n) is 7.44. The fraction of sp³-hybridized carbons (Fsp3) is 0.367. The van der Waals surface area contributed by atoms with Crippen LogP contribution < -0.4 is 0 Å². The molecule has 0 amide bonds. The lowest BCUT2D eigenvalue weighted by Gasteiger charge is -2.34. The average molecular weight is 592 g/mol. The van der Waals surface area contributed by atoms with Crippen molar-refractivity contribution in [2.75, 3.05) is 40.3 Å². The number of nitrogens with zero attached hydrogens (tertiary/aromatic N) is 2. The molecule has 3 aromatic carbocycles. The van der Waals surface area contributed by atoms with E-state index >= 15 is 0 Å². The maximum absolute atomic E-state index is 13.2. The lowest BCUT2D eigenvalue weighted by molar-refractivity contribution is 0.0598. The van der Waals surface area contributed by atoms with Crippen LogP contribution in [-0.2, 0) is 14.8 Å². The number of benzene rings is 3. The second-order valence-corrected chi connectivity index (χ2v) is 12.3. The van der Waals surface area contributed by atoms with Gasteiger partial charge in [0.25, 0.3) is 0 Å². The van der Waals surface area contributed by atoms with E-state index in [0.717, 1.165) is 50.0 Å². The summed E-state index contributed by atoms with van der Waals surface area (Å²) in [6.45, 7) is 3.05. The standard InChI is InChI=1S/C30H35ClN2O4S.ClH/c1-32(38(35,36)27-11-4-3-5-12-27)22-25(24-9-8-10-26(31)21-24)17-20-33-18-15-23(16-19-33)28-13-6-7-14-29(28)30(34)37-2;/h3-14,21,23,25H,15-20,22H2,1-2H3;1H. The Balaban J connectivity index is 0.00000420. The van der Waals surface area contributed by atoms with Crippen molar-refractivity contribution >= 4 is 40.0 Å². The number of esters is 1. The van der Waals surface area contributed by atoms with E-state index in [1.165, 1.54) is 11.4 Å². The highest BCUT2D eigenvalue weighted by molar-refractivity contribution is 7.89. The van der Waals surface area contributed by atoms with Gasteiger partial charge in [0.15, 0.2) is 0 Å². The predicted molar refractivity (Wildman–Crippen MR) is 159 cm³/mol. The van der Waals surface area contributed by atoms with Crippen molar-refractivity contribution < 1.29 is 17.9 Å². The molecule has 1 atom stereocenters. The summed E-state index contributed by atoms with van der Waals surface area (Å²) in [6.07, 6.45) is 2.72. The summed E-state index contributed by atoms with van der Waals surface area (Å²) in [4.78, 5) is 15.0. The molecule has 1 aliphatic heterocycles. The molecular formula is C30H36Cl2N2O4S. The van der Waals surface area contributed by atoms with Crippen LogP contribution in [0.5, 0.6) is 0 Å². The number of halogens is 2. The number of methoxy groups -OCH3 is 1. The Morgan fingerprint density at radius 3 is 2.36 bits per heavy atom. The fourth-order valence-electron chi connectivity index (χ4n) is 5.26. The number of sulfonamides is 1. The van der Waals surface area contributed by atoms with Crippen LogP contribution in [0.15, 0.2) is 83.8 Å². The van der Waals surface area contributed by atoms with Crippen LogP contribution >= 0.6 is 24.0 Å². The maximum atomic E-state index is 13.2. The first kappa shape index (κ1) is 31.1. The quantitative estimate of drug-likeness (QED) is 0.262. The van der Waals surface area contributed by atoms with Crippen LogP contribution in [-0.4, -0.2) is 63.9 Å². The number of hydrogen-bond acceptors (Lipinski definition) is 5. The van der Waals surface area contributed by atoms with Gasteiger partial charge in [-0.15, -0.1) is 12.4 Å². The summed E-state index contributed by atoms with van der Waals surface area (Å²) in [5.74, 6) is 0.0179. The van der Waals surface area contributed by atoms with E-state index in [9.17, 15) is 13.2 Å². The molecule has 4 rings (SSSR count). The van der Waals surface area contributed by atoms with Crippen molar-refractivity contribution in [3.63, 3.8) is 0 Å². The molecule has 1 aliphatic rings. The smallest absolute Gasteiger partial charge is 0.338 e. The van der Waals surface area contributed by atoms with Crippen LogP contribution in [0.1, 0.15) is 52.6 Å². The number of ether oxygens (including phenoxy) is 1. The molecule has 1 fully saturated rings. The first-order valence-corrected chi connectivity index (χ1v) is 14.8. The van der Waals surface area contributed by atoms with E-state index in [4.69, 9.17) is 16.3 Å². The number of carbonyl (C=O) groups excluding carboxylic acids is 1. The zero-order valence-corrected chi connectivity index (χ0v) is 24.7. The summed E-state index contributed by atoms with van der Waals surface area (Å²) < 4.78 is 32.8. The molecule has 39 heavy (non-hydrogen) atoms. The van der Waals surface area contributed by atoms with E-state index in [1.54, 1.807) is 31.3 Å². The molecule has 1 heterocycles. The number of carbonyl (C=O) groups is 1. The van der Waals surface area contributed by atoms with Gasteiger partial charge in [0.05, 0.1) is 17.6 Å². The Hall–Kier alpha value is -2.42. The molecule has 0 N–H and O–H groups in total. The number of hydrogen-bond donors (Lipinski definition) is 0. The van der Waals surface area contributed by atoms with Gasteiger partial charge in [0, 0.05) is 18.6 Å². The van der Waals surface area contributed by atoms with Crippen molar-refractivity contribution in [2.24, 2.45) is 0 Å². The average Bonchev–Trinajstić information content (AvgIpc) is 2.95. The van der Waals surface area contributed by atoms with Crippen LogP contribution in [0, 0.1) is 0 Å². The summed E-state index contributed by atoms with van der Waals surface area (Å²) in [7, 11) is -0.537. The van der Waals surface area contributed by atoms with Crippen LogP contribution in [0.3, 0.4) is 0 Å². The van der Waals surface area contributed by atoms with Gasteiger partial charge in [-0.2, -0.15) is 0 Å². The lowest BCUT2D eigenvalue weighted by Crippen LogP contribution is -2.36. The highest BCUT2D eigenvalue weighted by atomic mass is 35.5. The highest BCUT2D eigenvalue weighted by Gasteiger charge is 2.27. The van der Waals surface area contributed by atoms with Crippen molar-refractivity contribution in [1.82, 2.24) is 9.21 Å². The van der Waals surface area contributed by atoms with Gasteiger partial charge in [0.1, 0.15) is 0 Å². The number of likely N-dealkylation sites (N-methyl/N-ethyl adjacent to an activating group) is 1. The minimum atomic E-state index is -3.60. The molecule has 210 valence electrons. The molecule has 6 nitrogen and oxygen atoms in total. The lowest BCUT2D eigenvalue weighted by atomic mass is 9.86. The van der Waals surface area contributed by atoms with E-state index < -0.39 is 10.0 Å². The Morgan fingerprint density at radius 2 is 1.69 bits per heavy atom. The fourth-order valence-corrected chi connectivity index (χ4v) is 6.70. The topological polar surface area (TPSA) is 66.9 Å². The van der Waals surface area contributed by atoms with E-state index in [-0.39, 0.29) is 24.3 Å². The first-order valence-electron chi connectivity index (χ1n) is 13.0. The molecule has 0 aromatic heterocycles. The Kier molecular flexibility index (Phi) is 11.4. The van der Waals surface area contributed by atoms with Crippen LogP contribution in [0.25, 0.3) is 0 Å². The summed E-state index contributed by atoms with van der Waals surface area (Å²) in [6, 6.07) is 24.0. The Bertz CT molecular complexity index is 1330. The van der Waals surface area contributed by atoms with Gasteiger partial charge in [-0.1, -0.05) is 60.1 Å². The zero-order chi connectivity index (χ0) is 27.1. The first-order chi connectivity index (χ1) is 18.3. The van der Waals surface area contributed by atoms with Crippen molar-refractivity contribution in [3.8, 4) is 0 Å². The molecule has 3 aromatic rings. The van der Waals surface area contributed by atoms with E-state index in [0.29, 0.717) is 27.9 Å². The van der Waals surface area contributed by atoms with Gasteiger partial charge >= 0.3 is 5.97 Å². The highest BCUT2D eigenvalue weighted by Crippen LogP contribution is 2.32. The van der Waals surface area contributed by atoms with Gasteiger partial charge in [-0.25, -0.2) is 17.5 Å². The van der Waals surface area contributed by atoms with Gasteiger partial charge in [0.2, 0.25) is 10.0 Å². The Morgan fingerprint density at radius 1 is 1.03 bits per heavy atom. The minimum absolute atomic E-state index is 0. The van der Waals surface area contributed by atoms with Gasteiger partial charge in [-0.05, 0) is 92.2 Å². The molecule has 1 saturated heterocycles. The monoisotopic (exact) mass is 590 g/mol. The van der Waals surface area contributed by atoms with Crippen molar-refractivity contribution in [2.45, 2.75) is 36.0 Å². The minimum Gasteiger partial charge on any atom is -0.465 e. The third-order valence-corrected chi connectivity index (χ3v) is 9.51. The predicted octanol–water partition coefficient (Wildman–Crippen LogP) is 6.22.